The smallest absolute Gasteiger partial charge is 0.271 e. The van der Waals surface area contributed by atoms with E-state index in [2.05, 4.69) is 8.75 Å². The van der Waals surface area contributed by atoms with Crippen LogP contribution >= 0.6 is 11.7 Å². The van der Waals surface area contributed by atoms with Gasteiger partial charge in [-0.15, -0.1) is 0 Å². The van der Waals surface area contributed by atoms with E-state index < -0.39 is 6.04 Å². The molecule has 0 aliphatic carbocycles. The van der Waals surface area contributed by atoms with Gasteiger partial charge in [-0.05, 0) is 49.1 Å². The fourth-order valence-corrected chi connectivity index (χ4v) is 5.11. The summed E-state index contributed by atoms with van der Waals surface area (Å²) in [5.74, 6) is -0.248. The zero-order valence-corrected chi connectivity index (χ0v) is 21.0. The van der Waals surface area contributed by atoms with Crippen molar-refractivity contribution in [2.75, 3.05) is 0 Å². The second kappa shape index (κ2) is 10.8. The molecule has 0 bridgehead atoms. The van der Waals surface area contributed by atoms with Crippen LogP contribution in [0.25, 0.3) is 11.1 Å². The first kappa shape index (κ1) is 24.5. The molecule has 5 rings (SSSR count). The van der Waals surface area contributed by atoms with E-state index in [1.165, 1.54) is 16.8 Å². The van der Waals surface area contributed by atoms with E-state index in [-0.39, 0.29) is 17.1 Å². The molecule has 0 fully saturated rings. The van der Waals surface area contributed by atoms with Gasteiger partial charge in [0.25, 0.3) is 5.56 Å². The number of phenolic OH excluding ortho intramolecular Hbond substituents is 1. The van der Waals surface area contributed by atoms with Crippen LogP contribution in [-0.2, 0) is 19.3 Å². The van der Waals surface area contributed by atoms with Crippen molar-refractivity contribution < 1.29 is 9.50 Å². The number of aromatic hydroxyl groups is 1. The third-order valence-corrected chi connectivity index (χ3v) is 6.89. The monoisotopic (exact) mass is 512 g/mol. The van der Waals surface area contributed by atoms with Gasteiger partial charge >= 0.3 is 0 Å². The lowest BCUT2D eigenvalue weighted by molar-refractivity contribution is 0.472. The van der Waals surface area contributed by atoms with Crippen molar-refractivity contribution >= 4 is 11.7 Å². The molecule has 0 aliphatic rings. The standard InChI is InChI=1S/C29H25FN4O2S/c1-19-28(23-12-5-6-13-27(23)35)24(15-14-21-10-7-11-22(30)16-21)29(36)34(32-19)26(25-18-31-37-33-25)17-20-8-3-2-4-9-20/h2-13,16,18,26,35H,14-15,17H2,1H3. The Labute approximate surface area is 218 Å². The van der Waals surface area contributed by atoms with Gasteiger partial charge in [-0.25, -0.2) is 9.07 Å². The molecule has 1 atom stereocenters. The molecule has 0 saturated carbocycles. The highest BCUT2D eigenvalue weighted by atomic mass is 32.1. The first-order valence-electron chi connectivity index (χ1n) is 12.0. The molecule has 6 nitrogen and oxygen atoms in total. The molecule has 0 amide bonds. The molecule has 5 aromatic rings. The average Bonchev–Trinajstić information content (AvgIpc) is 3.44. The fraction of sp³-hybridized carbons (Fsp3) is 0.172. The molecule has 0 radical (unpaired) electrons. The third kappa shape index (κ3) is 5.34. The molecule has 0 saturated heterocycles. The minimum absolute atomic E-state index is 0.0705. The summed E-state index contributed by atoms with van der Waals surface area (Å²) in [5.41, 5.74) is 4.48. The first-order valence-corrected chi connectivity index (χ1v) is 12.7. The largest absolute Gasteiger partial charge is 0.507 e. The van der Waals surface area contributed by atoms with E-state index in [9.17, 15) is 14.3 Å². The number of benzene rings is 3. The van der Waals surface area contributed by atoms with Crippen molar-refractivity contribution in [3.8, 4) is 16.9 Å². The van der Waals surface area contributed by atoms with Gasteiger partial charge in [-0.3, -0.25) is 4.79 Å². The highest BCUT2D eigenvalue weighted by Gasteiger charge is 2.25. The van der Waals surface area contributed by atoms with Crippen molar-refractivity contribution in [1.29, 1.82) is 0 Å². The number of aromatic nitrogens is 4. The van der Waals surface area contributed by atoms with Gasteiger partial charge in [0.15, 0.2) is 0 Å². The van der Waals surface area contributed by atoms with E-state index in [4.69, 9.17) is 5.10 Å². The van der Waals surface area contributed by atoms with Crippen LogP contribution in [0.15, 0.2) is 89.9 Å². The second-order valence-corrected chi connectivity index (χ2v) is 9.43. The van der Waals surface area contributed by atoms with Crippen LogP contribution in [0.1, 0.15) is 34.1 Å². The number of hydrogen-bond acceptors (Lipinski definition) is 6. The molecule has 1 unspecified atom stereocenters. The Morgan fingerprint density at radius 3 is 2.46 bits per heavy atom. The highest BCUT2D eigenvalue weighted by Crippen LogP contribution is 2.33. The Hall–Kier alpha value is -4.17. The number of halogens is 1. The topological polar surface area (TPSA) is 80.9 Å². The molecular formula is C29H25FN4O2S. The zero-order valence-electron chi connectivity index (χ0n) is 20.2. The van der Waals surface area contributed by atoms with Gasteiger partial charge < -0.3 is 5.11 Å². The van der Waals surface area contributed by atoms with Gasteiger partial charge in [-0.2, -0.15) is 13.8 Å². The van der Waals surface area contributed by atoms with Crippen LogP contribution in [0.4, 0.5) is 4.39 Å². The molecule has 0 spiro atoms. The number of aryl methyl sites for hydroxylation is 2. The van der Waals surface area contributed by atoms with E-state index >= 15 is 0 Å². The maximum atomic E-state index is 14.1. The van der Waals surface area contributed by atoms with Crippen molar-refractivity contribution in [3.63, 3.8) is 0 Å². The maximum absolute atomic E-state index is 14.1. The van der Waals surface area contributed by atoms with Crippen LogP contribution < -0.4 is 5.56 Å². The first-order chi connectivity index (χ1) is 18.0. The normalized spacial score (nSPS) is 11.9. The molecule has 2 heterocycles. The Bertz CT molecular complexity index is 1570. The summed E-state index contributed by atoms with van der Waals surface area (Å²) in [4.78, 5) is 14.1. The van der Waals surface area contributed by atoms with Crippen LogP contribution in [0, 0.1) is 12.7 Å². The number of rotatable bonds is 8. The van der Waals surface area contributed by atoms with E-state index in [0.717, 1.165) is 22.9 Å². The Balaban J connectivity index is 1.66. The minimum atomic E-state index is -0.460. The minimum Gasteiger partial charge on any atom is -0.507 e. The Morgan fingerprint density at radius 1 is 0.973 bits per heavy atom. The zero-order chi connectivity index (χ0) is 25.8. The van der Waals surface area contributed by atoms with Crippen LogP contribution in [-0.4, -0.2) is 23.6 Å². The summed E-state index contributed by atoms with van der Waals surface area (Å²) in [5, 5.41) is 15.4. The number of nitrogens with zero attached hydrogens (tertiary/aromatic N) is 4. The molecule has 186 valence electrons. The summed E-state index contributed by atoms with van der Waals surface area (Å²) >= 11 is 1.09. The lowest BCUT2D eigenvalue weighted by Crippen LogP contribution is -2.33. The lowest BCUT2D eigenvalue weighted by Gasteiger charge is -2.21. The molecule has 2 aromatic heterocycles. The van der Waals surface area contributed by atoms with Gasteiger partial charge in [0.1, 0.15) is 17.6 Å². The van der Waals surface area contributed by atoms with E-state index in [1.807, 2.05) is 49.4 Å². The number of para-hydroxylation sites is 1. The number of phenols is 1. The third-order valence-electron chi connectivity index (χ3n) is 6.40. The lowest BCUT2D eigenvalue weighted by atomic mass is 9.94. The molecule has 37 heavy (non-hydrogen) atoms. The molecule has 3 aromatic carbocycles. The second-order valence-electron chi connectivity index (χ2n) is 8.87. The SMILES string of the molecule is Cc1nn(C(Cc2ccccc2)c2cnsn2)c(=O)c(CCc2cccc(F)c2)c1-c1ccccc1O. The van der Waals surface area contributed by atoms with Crippen LogP contribution in [0.3, 0.4) is 0 Å². The fourth-order valence-electron chi connectivity index (χ4n) is 4.64. The molecular weight excluding hydrogens is 487 g/mol. The van der Waals surface area contributed by atoms with Gasteiger partial charge in [-0.1, -0.05) is 60.7 Å². The summed E-state index contributed by atoms with van der Waals surface area (Å²) in [6.45, 7) is 1.84. The average molecular weight is 513 g/mol. The number of hydrogen-bond donors (Lipinski definition) is 1. The van der Waals surface area contributed by atoms with Crippen LogP contribution in [0.2, 0.25) is 0 Å². The van der Waals surface area contributed by atoms with Crippen molar-refractivity contribution in [3.05, 3.63) is 129 Å². The summed E-state index contributed by atoms with van der Waals surface area (Å²) in [6.07, 6.45) is 2.99. The van der Waals surface area contributed by atoms with Crippen molar-refractivity contribution in [2.45, 2.75) is 32.2 Å². The molecule has 1 N–H and O–H groups in total. The van der Waals surface area contributed by atoms with E-state index in [0.29, 0.717) is 47.3 Å². The quantitative estimate of drug-likeness (QED) is 0.296. The highest BCUT2D eigenvalue weighted by molar-refractivity contribution is 6.99. The predicted molar refractivity (Wildman–Crippen MR) is 142 cm³/mol. The van der Waals surface area contributed by atoms with Crippen LogP contribution in [0.5, 0.6) is 5.75 Å². The summed E-state index contributed by atoms with van der Waals surface area (Å²) in [7, 11) is 0. The summed E-state index contributed by atoms with van der Waals surface area (Å²) < 4.78 is 23.9. The van der Waals surface area contributed by atoms with E-state index in [1.54, 1.807) is 30.5 Å². The Morgan fingerprint density at radius 2 is 1.73 bits per heavy atom. The Kier molecular flexibility index (Phi) is 7.18. The predicted octanol–water partition coefficient (Wildman–Crippen LogP) is 5.53. The molecule has 0 aliphatic heterocycles. The molecule has 8 heteroatoms. The van der Waals surface area contributed by atoms with Crippen molar-refractivity contribution in [1.82, 2.24) is 18.5 Å². The summed E-state index contributed by atoms with van der Waals surface area (Å²) in [6, 6.07) is 22.7. The van der Waals surface area contributed by atoms with Gasteiger partial charge in [0, 0.05) is 23.1 Å². The van der Waals surface area contributed by atoms with Gasteiger partial charge in [0.05, 0.1) is 29.3 Å². The van der Waals surface area contributed by atoms with Gasteiger partial charge in [0.2, 0.25) is 0 Å². The van der Waals surface area contributed by atoms with Crippen molar-refractivity contribution in [2.24, 2.45) is 0 Å². The maximum Gasteiger partial charge on any atom is 0.271 e.